The van der Waals surface area contributed by atoms with Gasteiger partial charge in [-0.3, -0.25) is 9.59 Å². The number of rotatable bonds is 4. The highest BCUT2D eigenvalue weighted by atomic mass is 32.1. The molecular formula is C16H16N2O3S. The van der Waals surface area contributed by atoms with Gasteiger partial charge in [-0.05, 0) is 29.1 Å². The van der Waals surface area contributed by atoms with Gasteiger partial charge in [-0.2, -0.15) is 0 Å². The van der Waals surface area contributed by atoms with Crippen molar-refractivity contribution in [3.63, 3.8) is 0 Å². The first kappa shape index (κ1) is 14.6. The van der Waals surface area contributed by atoms with Crippen LogP contribution in [0.15, 0.2) is 35.7 Å². The number of anilines is 1. The van der Waals surface area contributed by atoms with Gasteiger partial charge in [-0.1, -0.05) is 12.1 Å². The molecule has 114 valence electrons. The molecule has 3 rings (SSSR count). The van der Waals surface area contributed by atoms with Crippen LogP contribution in [-0.2, 0) is 22.6 Å². The fourth-order valence-corrected chi connectivity index (χ4v) is 2.97. The Balaban J connectivity index is 1.64. The number of carbonyl (C=O) groups is 2. The summed E-state index contributed by atoms with van der Waals surface area (Å²) >= 11 is 1.57. The molecule has 0 aliphatic carbocycles. The third-order valence-electron chi connectivity index (χ3n) is 3.51. The molecule has 1 aromatic heterocycles. The Morgan fingerprint density at radius 3 is 3.05 bits per heavy atom. The first-order valence-electron chi connectivity index (χ1n) is 6.95. The van der Waals surface area contributed by atoms with Crippen molar-refractivity contribution in [2.75, 3.05) is 18.6 Å². The van der Waals surface area contributed by atoms with E-state index in [1.807, 2.05) is 35.7 Å². The van der Waals surface area contributed by atoms with Gasteiger partial charge in [-0.25, -0.2) is 0 Å². The Kier molecular flexibility index (Phi) is 4.11. The van der Waals surface area contributed by atoms with Crippen molar-refractivity contribution < 1.29 is 14.3 Å². The van der Waals surface area contributed by atoms with E-state index in [4.69, 9.17) is 4.74 Å². The van der Waals surface area contributed by atoms with Crippen LogP contribution in [0.2, 0.25) is 0 Å². The topological polar surface area (TPSA) is 58.6 Å². The molecule has 0 radical (unpaired) electrons. The number of ether oxygens (including phenoxy) is 1. The summed E-state index contributed by atoms with van der Waals surface area (Å²) in [7, 11) is 1.73. The van der Waals surface area contributed by atoms with Crippen LogP contribution < -0.4 is 15.0 Å². The lowest BCUT2D eigenvalue weighted by molar-refractivity contribution is -0.121. The summed E-state index contributed by atoms with van der Waals surface area (Å²) in [4.78, 5) is 26.2. The molecular weight excluding hydrogens is 300 g/mol. The van der Waals surface area contributed by atoms with E-state index < -0.39 is 0 Å². The van der Waals surface area contributed by atoms with Crippen LogP contribution in [-0.4, -0.2) is 25.5 Å². The molecule has 0 saturated heterocycles. The van der Waals surface area contributed by atoms with Gasteiger partial charge in [0.15, 0.2) is 6.61 Å². The Hall–Kier alpha value is -2.34. The van der Waals surface area contributed by atoms with E-state index in [1.165, 1.54) is 0 Å². The highest BCUT2D eigenvalue weighted by Gasteiger charge is 2.22. The van der Waals surface area contributed by atoms with Crippen molar-refractivity contribution in [2.45, 2.75) is 13.0 Å². The number of carbonyl (C=O) groups excluding carboxylic acids is 2. The summed E-state index contributed by atoms with van der Waals surface area (Å²) in [5.74, 6) is 0.600. The molecule has 1 aromatic carbocycles. The molecule has 2 amide bonds. The van der Waals surface area contributed by atoms with E-state index in [1.54, 1.807) is 23.3 Å². The molecule has 22 heavy (non-hydrogen) atoms. The Bertz CT molecular complexity index is 697. The van der Waals surface area contributed by atoms with Gasteiger partial charge in [0.05, 0.1) is 12.1 Å². The van der Waals surface area contributed by atoms with E-state index in [0.717, 1.165) is 16.1 Å². The molecule has 1 aliphatic heterocycles. The molecule has 0 spiro atoms. The average molecular weight is 316 g/mol. The third-order valence-corrected chi connectivity index (χ3v) is 4.39. The lowest BCUT2D eigenvalue weighted by Crippen LogP contribution is -2.35. The molecule has 0 saturated carbocycles. The second-order valence-corrected chi connectivity index (χ2v) is 6.11. The lowest BCUT2D eigenvalue weighted by Gasteiger charge is -2.26. The standard InChI is InChI=1S/C16H16N2O3S/c1-18-13-7-11(4-5-14(13)21-10-16(18)20)9-17-15(19)8-12-3-2-6-22-12/h2-7H,8-10H2,1H3,(H,17,19). The zero-order chi connectivity index (χ0) is 15.5. The molecule has 1 aliphatic rings. The monoisotopic (exact) mass is 316 g/mol. The number of likely N-dealkylation sites (N-methyl/N-ethyl adjacent to an activating group) is 1. The van der Waals surface area contributed by atoms with Gasteiger partial charge in [0.25, 0.3) is 5.91 Å². The predicted molar refractivity (Wildman–Crippen MR) is 85.2 cm³/mol. The van der Waals surface area contributed by atoms with Crippen LogP contribution in [0.4, 0.5) is 5.69 Å². The molecule has 0 fully saturated rings. The van der Waals surface area contributed by atoms with Gasteiger partial charge in [0.2, 0.25) is 5.91 Å². The molecule has 0 bridgehead atoms. The maximum absolute atomic E-state index is 11.9. The highest BCUT2D eigenvalue weighted by Crippen LogP contribution is 2.31. The number of hydrogen-bond acceptors (Lipinski definition) is 4. The van der Waals surface area contributed by atoms with E-state index in [2.05, 4.69) is 5.32 Å². The molecule has 6 heteroatoms. The quantitative estimate of drug-likeness (QED) is 0.938. The van der Waals surface area contributed by atoms with Crippen LogP contribution >= 0.6 is 11.3 Å². The highest BCUT2D eigenvalue weighted by molar-refractivity contribution is 7.10. The summed E-state index contributed by atoms with van der Waals surface area (Å²) in [5.41, 5.74) is 1.67. The number of nitrogens with zero attached hydrogens (tertiary/aromatic N) is 1. The number of nitrogens with one attached hydrogen (secondary N) is 1. The SMILES string of the molecule is CN1C(=O)COc2ccc(CNC(=O)Cc3cccs3)cc21. The maximum Gasteiger partial charge on any atom is 0.264 e. The average Bonchev–Trinajstić information content (AvgIpc) is 3.02. The lowest BCUT2D eigenvalue weighted by atomic mass is 10.1. The smallest absolute Gasteiger partial charge is 0.264 e. The second kappa shape index (κ2) is 6.19. The van der Waals surface area contributed by atoms with Crippen LogP contribution in [0.25, 0.3) is 0 Å². The molecule has 1 N–H and O–H groups in total. The molecule has 5 nitrogen and oxygen atoms in total. The summed E-state index contributed by atoms with van der Waals surface area (Å²) in [6.07, 6.45) is 0.393. The van der Waals surface area contributed by atoms with Crippen molar-refractivity contribution in [1.82, 2.24) is 5.32 Å². The van der Waals surface area contributed by atoms with Gasteiger partial charge in [0, 0.05) is 18.5 Å². The van der Waals surface area contributed by atoms with E-state index in [0.29, 0.717) is 18.7 Å². The first-order chi connectivity index (χ1) is 10.6. The van der Waals surface area contributed by atoms with Crippen LogP contribution in [0.1, 0.15) is 10.4 Å². The van der Waals surface area contributed by atoms with Crippen molar-refractivity contribution in [3.05, 3.63) is 46.2 Å². The summed E-state index contributed by atoms with van der Waals surface area (Å²) in [6.45, 7) is 0.500. The minimum Gasteiger partial charge on any atom is -0.482 e. The number of amides is 2. The fraction of sp³-hybridized carbons (Fsp3) is 0.250. The van der Waals surface area contributed by atoms with E-state index in [9.17, 15) is 9.59 Å². The van der Waals surface area contributed by atoms with Crippen molar-refractivity contribution >= 4 is 28.8 Å². The number of thiophene rings is 1. The third kappa shape index (κ3) is 3.12. The normalized spacial score (nSPS) is 13.5. The largest absolute Gasteiger partial charge is 0.482 e. The van der Waals surface area contributed by atoms with Crippen LogP contribution in [0, 0.1) is 0 Å². The summed E-state index contributed by atoms with van der Waals surface area (Å²) in [6, 6.07) is 9.48. The Morgan fingerprint density at radius 2 is 2.27 bits per heavy atom. The molecule has 2 aromatic rings. The molecule has 0 unspecified atom stereocenters. The van der Waals surface area contributed by atoms with E-state index in [-0.39, 0.29) is 18.4 Å². The van der Waals surface area contributed by atoms with E-state index >= 15 is 0 Å². The molecule has 2 heterocycles. The number of hydrogen-bond donors (Lipinski definition) is 1. The van der Waals surface area contributed by atoms with Gasteiger partial charge in [-0.15, -0.1) is 11.3 Å². The van der Waals surface area contributed by atoms with Crippen LogP contribution in [0.3, 0.4) is 0 Å². The first-order valence-corrected chi connectivity index (χ1v) is 7.83. The summed E-state index contributed by atoms with van der Waals surface area (Å²) < 4.78 is 5.38. The predicted octanol–water partition coefficient (Wildman–Crippen LogP) is 1.96. The number of fused-ring (bicyclic) bond motifs is 1. The van der Waals surface area contributed by atoms with Crippen LogP contribution in [0.5, 0.6) is 5.75 Å². The maximum atomic E-state index is 11.9. The van der Waals surface area contributed by atoms with Gasteiger partial charge < -0.3 is 15.0 Å². The summed E-state index contributed by atoms with van der Waals surface area (Å²) in [5, 5.41) is 4.85. The van der Waals surface area contributed by atoms with Crippen molar-refractivity contribution in [2.24, 2.45) is 0 Å². The molecule has 0 atom stereocenters. The second-order valence-electron chi connectivity index (χ2n) is 5.08. The Morgan fingerprint density at radius 1 is 1.41 bits per heavy atom. The number of benzene rings is 1. The van der Waals surface area contributed by atoms with Gasteiger partial charge in [0.1, 0.15) is 5.75 Å². The van der Waals surface area contributed by atoms with Crippen molar-refractivity contribution in [3.8, 4) is 5.75 Å². The fourth-order valence-electron chi connectivity index (χ4n) is 2.26. The minimum atomic E-state index is -0.0774. The minimum absolute atomic E-state index is 0.0131. The van der Waals surface area contributed by atoms with Gasteiger partial charge >= 0.3 is 0 Å². The Labute approximate surface area is 132 Å². The zero-order valence-corrected chi connectivity index (χ0v) is 13.0. The van der Waals surface area contributed by atoms with Crippen molar-refractivity contribution in [1.29, 1.82) is 0 Å². The zero-order valence-electron chi connectivity index (χ0n) is 12.2.